The van der Waals surface area contributed by atoms with Crippen LogP contribution in [-0.2, 0) is 40.8 Å². The van der Waals surface area contributed by atoms with Crippen LogP contribution in [0.3, 0.4) is 0 Å². The number of methoxy groups -OCH3 is 1. The molecule has 18 atom stereocenters. The summed E-state index contributed by atoms with van der Waals surface area (Å²) >= 11 is 0. The highest BCUT2D eigenvalue weighted by molar-refractivity contribution is 6.73. The van der Waals surface area contributed by atoms with Gasteiger partial charge in [-0.2, -0.15) is 0 Å². The fourth-order valence-electron chi connectivity index (χ4n) is 21.5. The van der Waals surface area contributed by atoms with E-state index < -0.39 is 22.8 Å². The molecule has 19 rings (SSSR count). The van der Waals surface area contributed by atoms with E-state index in [2.05, 4.69) is 233 Å². The fourth-order valence-corrected chi connectivity index (χ4v) is 26.4. The van der Waals surface area contributed by atoms with Gasteiger partial charge in [-0.3, -0.25) is 0 Å². The maximum atomic E-state index is 12.1. The van der Waals surface area contributed by atoms with Crippen molar-refractivity contribution in [1.29, 1.82) is 0 Å². The summed E-state index contributed by atoms with van der Waals surface area (Å²) in [5.41, 5.74) is 12.1. The number of rotatable bonds is 23. The topological polar surface area (TPSA) is 72.5 Å². The number of allylic oxidation sites excluding steroid dienone is 12. The number of fused-ring (bicyclic) bond motifs is 16. The average Bonchev–Trinajstić information content (AvgIpc) is 1.62. The molecule has 0 spiro atoms. The van der Waals surface area contributed by atoms with Crippen molar-refractivity contribution in [2.24, 2.45) is 94.7 Å². The van der Waals surface area contributed by atoms with Crippen molar-refractivity contribution in [1.82, 2.24) is 0 Å². The Morgan fingerprint density at radius 2 is 0.802 bits per heavy atom. The van der Waals surface area contributed by atoms with Gasteiger partial charge in [-0.15, -0.1) is 0 Å². The lowest BCUT2D eigenvalue weighted by atomic mass is 9.88. The molecule has 0 saturated heterocycles. The minimum atomic E-state index is -1.35. The van der Waals surface area contributed by atoms with E-state index in [0.717, 1.165) is 114 Å². The molecule has 0 heterocycles. The van der Waals surface area contributed by atoms with Gasteiger partial charge in [0.25, 0.3) is 0 Å². The van der Waals surface area contributed by atoms with E-state index in [9.17, 15) is 4.79 Å². The molecule has 0 aromatic heterocycles. The number of unbranched alkanes of at least 4 members (excludes halogenated alkanes) is 2. The molecule has 562 valence electrons. The van der Waals surface area contributed by atoms with Gasteiger partial charge in [-0.25, -0.2) is 4.79 Å². The Balaban J connectivity index is 0.000000110. The number of hydrogen-bond donors (Lipinski definition) is 0. The van der Waals surface area contributed by atoms with Crippen LogP contribution in [0.2, 0.25) is 37.3 Å². The van der Waals surface area contributed by atoms with E-state index in [4.69, 9.17) is 27.8 Å². The van der Waals surface area contributed by atoms with Gasteiger partial charge in [0.15, 0.2) is 16.6 Å². The maximum absolute atomic E-state index is 12.1. The molecule has 6 aromatic rings. The first-order valence-electron chi connectivity index (χ1n) is 41.6. The Labute approximate surface area is 639 Å². The second-order valence-electron chi connectivity index (χ2n) is 35.1. The number of hydrogen-bond acceptors (Lipinski definition) is 7. The van der Waals surface area contributed by atoms with E-state index in [-0.39, 0.29) is 5.92 Å². The SMILES string of the molecule is C1=CC2CC1CC2CCCCOCc1ccc2ccccc2c1.C1=CC2CC1CC2CCCCc1ccc(-c2ccccc2)cc1.COCC1CC2C=CC1C2.CO[Si](C)(C)C1CC2C=CC1C2.CO[Si](C)(C)C1CC2C=CC1C2.O=C(OCC1c2ccccc2-c2ccccc21)OCC1CC2C=CC1C2. The first kappa shape index (κ1) is 76.3. The van der Waals surface area contributed by atoms with Crippen LogP contribution in [0.25, 0.3) is 33.0 Å². The largest absolute Gasteiger partial charge is 0.508 e. The molecule has 9 heteroatoms. The molecular formula is C97H124O7Si2. The lowest BCUT2D eigenvalue weighted by Gasteiger charge is -2.31. The molecule has 106 heavy (non-hydrogen) atoms. The van der Waals surface area contributed by atoms with Crippen molar-refractivity contribution in [3.05, 3.63) is 241 Å². The average molecular weight is 1460 g/mol. The number of benzene rings is 6. The highest BCUT2D eigenvalue weighted by atomic mass is 28.4. The molecule has 6 saturated carbocycles. The maximum Gasteiger partial charge on any atom is 0.508 e. The third-order valence-corrected chi connectivity index (χ3v) is 34.7. The summed E-state index contributed by atoms with van der Waals surface area (Å²) in [6.45, 7) is 12.8. The van der Waals surface area contributed by atoms with Gasteiger partial charge in [0, 0.05) is 46.4 Å². The minimum Gasteiger partial charge on any atom is -0.434 e. The smallest absolute Gasteiger partial charge is 0.434 e. The standard InChI is InChI=1S/C23H22O3.C23H26.C22H26O.2C10H18OSi.C9H14O/c24-23(25-13-17-12-15-9-10-16(17)11-15)26-14-22-20-7-3-1-5-18(20)19-6-2-4-8-21(19)22;1-2-7-20(8-3-1)21-13-10-18(11-14-21)6-4-5-9-22-16-19-12-15-23(22)17-19;1-2-6-20-15-18(9-10-19(20)5-1)16-23-12-4-3-7-21-13-17-8-11-22(21)14-17;2*1-11-12(2,3)10-7-8-4-5-9(10)6-8;1-10-6-9-5-7-2-3-8(9)4-7/h1-10,15-17,22H,11-14H2;1-3,7-8,10-15,19,22-23H,4-6,9,16-17H2;1-2,5-6,8-11,15,17,21-22H,3-4,7,12-14,16H2;2*4-5,8-10H,6-7H2,1-3H3;2-3,7-9H,4-6H2,1H3. The number of carbonyl (C=O) groups excluding carboxylic acids is 1. The molecule has 18 unspecified atom stereocenters. The quantitative estimate of drug-likeness (QED) is 0.0274. The Bertz CT molecular complexity index is 3920. The van der Waals surface area contributed by atoms with Crippen molar-refractivity contribution < 1.29 is 32.6 Å². The summed E-state index contributed by atoms with van der Waals surface area (Å²) in [4.78, 5) is 12.1. The van der Waals surface area contributed by atoms with Gasteiger partial charge in [0.2, 0.25) is 0 Å². The molecular weight excluding hydrogens is 1330 g/mol. The number of ether oxygens (including phenoxy) is 4. The summed E-state index contributed by atoms with van der Waals surface area (Å²) in [5, 5.41) is 2.61. The Hall–Kier alpha value is -6.44. The van der Waals surface area contributed by atoms with Crippen LogP contribution >= 0.6 is 0 Å². The highest BCUT2D eigenvalue weighted by Crippen LogP contribution is 2.54. The summed E-state index contributed by atoms with van der Waals surface area (Å²) in [7, 11) is 2.88. The number of aryl methyl sites for hydroxylation is 1. The summed E-state index contributed by atoms with van der Waals surface area (Å²) < 4.78 is 33.3. The van der Waals surface area contributed by atoms with Crippen LogP contribution in [0.15, 0.2) is 219 Å². The van der Waals surface area contributed by atoms with Gasteiger partial charge < -0.3 is 27.8 Å². The lowest BCUT2D eigenvalue weighted by molar-refractivity contribution is 0.0398. The van der Waals surface area contributed by atoms with Gasteiger partial charge >= 0.3 is 6.16 Å². The van der Waals surface area contributed by atoms with Gasteiger partial charge in [0.1, 0.15) is 6.61 Å². The third-order valence-electron chi connectivity index (χ3n) is 27.7. The zero-order valence-corrected chi connectivity index (χ0v) is 67.1. The van der Waals surface area contributed by atoms with Gasteiger partial charge in [0.05, 0.1) is 13.2 Å². The molecule has 0 N–H and O–H groups in total. The van der Waals surface area contributed by atoms with E-state index in [1.54, 1.807) is 7.11 Å². The monoisotopic (exact) mass is 1460 g/mol. The second kappa shape index (κ2) is 35.9. The van der Waals surface area contributed by atoms with E-state index in [1.165, 1.54) is 171 Å². The molecule has 6 aromatic carbocycles. The van der Waals surface area contributed by atoms with Crippen LogP contribution in [0.1, 0.15) is 144 Å². The minimum absolute atomic E-state index is 0.0837. The Morgan fingerprint density at radius 3 is 1.27 bits per heavy atom. The van der Waals surface area contributed by atoms with Crippen molar-refractivity contribution in [3.63, 3.8) is 0 Å². The molecule has 0 amide bonds. The van der Waals surface area contributed by atoms with Gasteiger partial charge in [-0.05, 0) is 297 Å². The Morgan fingerprint density at radius 1 is 0.377 bits per heavy atom. The van der Waals surface area contributed by atoms with E-state index in [0.29, 0.717) is 31.0 Å². The van der Waals surface area contributed by atoms with Crippen LogP contribution in [0.5, 0.6) is 0 Å². The Kier molecular flexibility index (Phi) is 25.9. The first-order valence-corrected chi connectivity index (χ1v) is 47.6. The predicted octanol–water partition coefficient (Wildman–Crippen LogP) is 24.6. The van der Waals surface area contributed by atoms with Crippen molar-refractivity contribution in [3.8, 4) is 22.3 Å². The van der Waals surface area contributed by atoms with Crippen LogP contribution < -0.4 is 0 Å². The summed E-state index contributed by atoms with van der Waals surface area (Å²) in [6, 6.07) is 51.6. The van der Waals surface area contributed by atoms with Crippen LogP contribution in [0, 0.1) is 94.7 Å². The molecule has 0 radical (unpaired) electrons. The van der Waals surface area contributed by atoms with Crippen molar-refractivity contribution in [2.45, 2.75) is 172 Å². The van der Waals surface area contributed by atoms with E-state index in [1.807, 2.05) is 26.4 Å². The molecule has 13 aliphatic rings. The molecule has 0 aliphatic heterocycles. The van der Waals surface area contributed by atoms with E-state index >= 15 is 0 Å². The molecule has 13 aliphatic carbocycles. The summed E-state index contributed by atoms with van der Waals surface area (Å²) in [5.74, 6) is 13.5. The van der Waals surface area contributed by atoms with Crippen molar-refractivity contribution >= 4 is 33.6 Å². The third kappa shape index (κ3) is 19.0. The zero-order chi connectivity index (χ0) is 73.0. The lowest BCUT2D eigenvalue weighted by Crippen LogP contribution is -2.37. The fraction of sp³-hybridized carbons (Fsp3) is 0.515. The van der Waals surface area contributed by atoms with Gasteiger partial charge in [-0.1, -0.05) is 225 Å². The highest BCUT2D eigenvalue weighted by Gasteiger charge is 2.47. The molecule has 6 fully saturated rings. The normalized spacial score (nSPS) is 30.1. The molecule has 12 bridgehead atoms. The summed E-state index contributed by atoms with van der Waals surface area (Å²) in [6.07, 6.45) is 54.1. The van der Waals surface area contributed by atoms with Crippen LogP contribution in [-0.4, -0.2) is 70.5 Å². The zero-order valence-electron chi connectivity index (χ0n) is 65.1. The first-order chi connectivity index (χ1) is 51.7. The number of carbonyl (C=O) groups is 1. The van der Waals surface area contributed by atoms with Crippen molar-refractivity contribution in [2.75, 3.05) is 47.8 Å². The van der Waals surface area contributed by atoms with Crippen LogP contribution in [0.4, 0.5) is 4.79 Å². The predicted molar refractivity (Wildman–Crippen MR) is 442 cm³/mol. The second-order valence-corrected chi connectivity index (χ2v) is 43.9. The molecule has 7 nitrogen and oxygen atoms in total.